The first-order chi connectivity index (χ1) is 10.7. The minimum absolute atomic E-state index is 0.0598. The third-order valence-corrected chi connectivity index (χ3v) is 5.35. The van der Waals surface area contributed by atoms with Gasteiger partial charge in [0.2, 0.25) is 4.87 Å². The topological polar surface area (TPSA) is 53.5 Å². The van der Waals surface area contributed by atoms with Crippen LogP contribution in [0.1, 0.15) is 23.6 Å². The lowest BCUT2D eigenvalue weighted by molar-refractivity contribution is -0.118. The molecule has 22 heavy (non-hydrogen) atoms. The van der Waals surface area contributed by atoms with Crippen molar-refractivity contribution >= 4 is 28.4 Å². The molecule has 1 atom stereocenters. The minimum atomic E-state index is -0.842. The molecule has 0 aliphatic carbocycles. The van der Waals surface area contributed by atoms with Crippen molar-refractivity contribution in [3.63, 3.8) is 0 Å². The number of carbonyl (C=O) groups excluding carboxylic acids is 1. The number of hydrogen-bond donors (Lipinski definition) is 2. The van der Waals surface area contributed by atoms with Crippen LogP contribution in [0.3, 0.4) is 0 Å². The van der Waals surface area contributed by atoms with Gasteiger partial charge in [0.05, 0.1) is 0 Å². The van der Waals surface area contributed by atoms with Crippen LogP contribution in [0.2, 0.25) is 0 Å². The summed E-state index contributed by atoms with van der Waals surface area (Å²) in [5.74, 6) is -0.0598. The van der Waals surface area contributed by atoms with Crippen molar-refractivity contribution in [1.29, 1.82) is 0 Å². The lowest BCUT2D eigenvalue weighted by Gasteiger charge is -2.20. The maximum atomic E-state index is 12.6. The molecule has 2 aliphatic rings. The van der Waals surface area contributed by atoms with Gasteiger partial charge in [0.25, 0.3) is 5.91 Å². The van der Waals surface area contributed by atoms with Crippen LogP contribution in [-0.2, 0) is 16.1 Å². The number of nitrogens with one attached hydrogen (secondary N) is 2. The maximum absolute atomic E-state index is 12.6. The van der Waals surface area contributed by atoms with E-state index in [0.29, 0.717) is 0 Å². The number of benzene rings is 2. The predicted octanol–water partition coefficient (Wildman–Crippen LogP) is 3.05. The molecule has 2 aromatic rings. The molecule has 5 heteroatoms. The molecule has 2 heterocycles. The highest BCUT2D eigenvalue weighted by atomic mass is 32.2. The number of thioether (sulfide) groups is 1. The third kappa shape index (κ3) is 1.85. The van der Waals surface area contributed by atoms with Gasteiger partial charge in [-0.3, -0.25) is 10.2 Å². The Labute approximate surface area is 133 Å². The van der Waals surface area contributed by atoms with Crippen molar-refractivity contribution < 1.29 is 4.79 Å². The van der Waals surface area contributed by atoms with Gasteiger partial charge >= 0.3 is 0 Å². The molecule has 0 aromatic heterocycles. The van der Waals surface area contributed by atoms with Crippen molar-refractivity contribution in [2.24, 2.45) is 5.10 Å². The summed E-state index contributed by atoms with van der Waals surface area (Å²) in [4.78, 5) is 11.7. The SMILES string of the molecule is CCc1ccc2c(c1)[C@@]1(NN=C(c3ccccc3)S1)C(=O)N2. The number of hydrazone groups is 1. The van der Waals surface area contributed by atoms with Crippen LogP contribution >= 0.6 is 11.8 Å². The number of hydrogen-bond acceptors (Lipinski definition) is 4. The predicted molar refractivity (Wildman–Crippen MR) is 89.8 cm³/mol. The van der Waals surface area contributed by atoms with E-state index < -0.39 is 4.87 Å². The zero-order valence-electron chi connectivity index (χ0n) is 12.1. The lowest BCUT2D eigenvalue weighted by Crippen LogP contribution is -2.39. The van der Waals surface area contributed by atoms with Crippen LogP contribution in [0.25, 0.3) is 0 Å². The molecule has 1 spiro atoms. The van der Waals surface area contributed by atoms with Crippen LogP contribution in [0, 0.1) is 0 Å². The Balaban J connectivity index is 1.74. The van der Waals surface area contributed by atoms with Crippen LogP contribution in [0.5, 0.6) is 0 Å². The van der Waals surface area contributed by atoms with E-state index in [1.165, 1.54) is 17.3 Å². The molecule has 0 saturated carbocycles. The van der Waals surface area contributed by atoms with E-state index in [4.69, 9.17) is 0 Å². The number of amides is 1. The zero-order valence-corrected chi connectivity index (χ0v) is 12.9. The first-order valence-corrected chi connectivity index (χ1v) is 8.09. The molecular formula is C17H15N3OS. The Kier molecular flexibility index (Phi) is 2.97. The van der Waals surface area contributed by atoms with Crippen LogP contribution in [-0.4, -0.2) is 11.0 Å². The normalized spacial score (nSPS) is 22.2. The van der Waals surface area contributed by atoms with E-state index in [2.05, 4.69) is 34.9 Å². The summed E-state index contributed by atoms with van der Waals surface area (Å²) in [6, 6.07) is 16.0. The number of carbonyl (C=O) groups is 1. The quantitative estimate of drug-likeness (QED) is 0.896. The van der Waals surface area contributed by atoms with E-state index in [-0.39, 0.29) is 5.91 Å². The molecule has 2 N–H and O–H groups in total. The summed E-state index contributed by atoms with van der Waals surface area (Å²) in [6.07, 6.45) is 0.939. The molecule has 2 aromatic carbocycles. The third-order valence-electron chi connectivity index (χ3n) is 4.02. The Morgan fingerprint density at radius 3 is 2.77 bits per heavy atom. The second-order valence-electron chi connectivity index (χ2n) is 5.37. The second kappa shape index (κ2) is 4.88. The van der Waals surface area contributed by atoms with Gasteiger partial charge in [-0.25, -0.2) is 0 Å². The van der Waals surface area contributed by atoms with E-state index in [1.807, 2.05) is 36.4 Å². The van der Waals surface area contributed by atoms with E-state index in [1.54, 1.807) is 0 Å². The van der Waals surface area contributed by atoms with Gasteiger partial charge in [-0.2, -0.15) is 5.10 Å². The maximum Gasteiger partial charge on any atom is 0.267 e. The standard InChI is InChI=1S/C17H15N3OS/c1-2-11-8-9-14-13(10-11)17(16(21)18-14)20-19-15(22-17)12-6-4-3-5-7-12/h3-10,20H,2H2,1H3,(H,18,21)/t17-/m0/s1. The number of aryl methyl sites for hydroxylation is 1. The average molecular weight is 309 g/mol. The number of fused-ring (bicyclic) bond motifs is 2. The molecule has 0 saturated heterocycles. The molecule has 0 fully saturated rings. The molecule has 4 nitrogen and oxygen atoms in total. The van der Waals surface area contributed by atoms with Gasteiger partial charge in [0.15, 0.2) is 0 Å². The molecule has 0 bridgehead atoms. The fourth-order valence-corrected chi connectivity index (χ4v) is 3.93. The molecule has 0 unspecified atom stereocenters. The van der Waals surface area contributed by atoms with Gasteiger partial charge in [-0.1, -0.05) is 55.1 Å². The van der Waals surface area contributed by atoms with Crippen molar-refractivity contribution in [1.82, 2.24) is 5.43 Å². The number of anilines is 1. The van der Waals surface area contributed by atoms with E-state index in [0.717, 1.165) is 28.3 Å². The summed E-state index contributed by atoms with van der Waals surface area (Å²) in [7, 11) is 0. The smallest absolute Gasteiger partial charge is 0.267 e. The van der Waals surface area contributed by atoms with Gasteiger partial charge < -0.3 is 5.32 Å². The largest absolute Gasteiger partial charge is 0.323 e. The first-order valence-electron chi connectivity index (χ1n) is 7.27. The second-order valence-corrected chi connectivity index (χ2v) is 6.57. The van der Waals surface area contributed by atoms with Gasteiger partial charge in [0.1, 0.15) is 5.04 Å². The fraction of sp³-hybridized carbons (Fsp3) is 0.176. The summed E-state index contributed by atoms with van der Waals surface area (Å²) >= 11 is 1.47. The summed E-state index contributed by atoms with van der Waals surface area (Å²) < 4.78 is 0. The van der Waals surface area contributed by atoms with E-state index in [9.17, 15) is 4.79 Å². The highest BCUT2D eigenvalue weighted by molar-refractivity contribution is 8.16. The van der Waals surface area contributed by atoms with E-state index >= 15 is 0 Å². The Hall–Kier alpha value is -2.27. The fourth-order valence-electron chi connectivity index (χ4n) is 2.78. The van der Waals surface area contributed by atoms with Crippen LogP contribution < -0.4 is 10.7 Å². The number of nitrogens with zero attached hydrogens (tertiary/aromatic N) is 1. The van der Waals surface area contributed by atoms with Crippen LogP contribution in [0.4, 0.5) is 5.69 Å². The van der Waals surface area contributed by atoms with Crippen molar-refractivity contribution in [2.75, 3.05) is 5.32 Å². The lowest BCUT2D eigenvalue weighted by atomic mass is 10.0. The Morgan fingerprint density at radius 1 is 1.18 bits per heavy atom. The van der Waals surface area contributed by atoms with Crippen molar-refractivity contribution in [3.05, 3.63) is 65.2 Å². The van der Waals surface area contributed by atoms with Gasteiger partial charge in [-0.05, 0) is 24.1 Å². The van der Waals surface area contributed by atoms with Crippen LogP contribution in [0.15, 0.2) is 53.6 Å². The summed E-state index contributed by atoms with van der Waals surface area (Å²) in [5.41, 5.74) is 7.14. The summed E-state index contributed by atoms with van der Waals surface area (Å²) in [5, 5.41) is 8.21. The molecular weight excluding hydrogens is 294 g/mol. The molecule has 4 rings (SSSR count). The molecule has 1 amide bonds. The van der Waals surface area contributed by atoms with Gasteiger partial charge in [-0.15, -0.1) is 0 Å². The minimum Gasteiger partial charge on any atom is -0.323 e. The molecule has 110 valence electrons. The molecule has 2 aliphatic heterocycles. The molecule has 0 radical (unpaired) electrons. The number of rotatable bonds is 2. The Morgan fingerprint density at radius 2 is 2.00 bits per heavy atom. The zero-order chi connectivity index (χ0) is 15.2. The Bertz CT molecular complexity index is 788. The summed E-state index contributed by atoms with van der Waals surface area (Å²) in [6.45, 7) is 2.11. The highest BCUT2D eigenvalue weighted by Gasteiger charge is 2.51. The average Bonchev–Trinajstić information content (AvgIpc) is 3.12. The first kappa shape index (κ1) is 13.4. The highest BCUT2D eigenvalue weighted by Crippen LogP contribution is 2.48. The van der Waals surface area contributed by atoms with Gasteiger partial charge in [0, 0.05) is 16.8 Å². The van der Waals surface area contributed by atoms with Crippen molar-refractivity contribution in [2.45, 2.75) is 18.2 Å². The van der Waals surface area contributed by atoms with Crippen molar-refractivity contribution in [3.8, 4) is 0 Å². The monoisotopic (exact) mass is 309 g/mol.